The SMILES string of the molecule is C=C1CC[C@H](O)C/C1=C\C=C1/CCC[C@@]2(C)[C@@H]([C@H](C)CCCC(C)C)C(OCCCN)C[C@@H]12. The summed E-state index contributed by atoms with van der Waals surface area (Å²) in [6.07, 6.45) is 17.2. The van der Waals surface area contributed by atoms with Gasteiger partial charge in [-0.3, -0.25) is 0 Å². The van der Waals surface area contributed by atoms with E-state index in [1.165, 1.54) is 49.7 Å². The summed E-state index contributed by atoms with van der Waals surface area (Å²) in [6.45, 7) is 15.5. The molecule has 0 heterocycles. The third-order valence-corrected chi connectivity index (χ3v) is 8.98. The molecule has 0 aromatic rings. The van der Waals surface area contributed by atoms with Crippen LogP contribution in [-0.2, 0) is 4.74 Å². The number of hydrogen-bond donors (Lipinski definition) is 2. The van der Waals surface area contributed by atoms with Gasteiger partial charge in [0.1, 0.15) is 0 Å². The molecule has 3 N–H and O–H groups in total. The Balaban J connectivity index is 1.81. The number of ether oxygens (including phenoxy) is 1. The van der Waals surface area contributed by atoms with E-state index in [0.29, 0.717) is 35.8 Å². The molecule has 3 rings (SSSR count). The minimum Gasteiger partial charge on any atom is -0.393 e. The van der Waals surface area contributed by atoms with Crippen LogP contribution in [0.4, 0.5) is 0 Å². The lowest BCUT2D eigenvalue weighted by Crippen LogP contribution is -2.39. The lowest BCUT2D eigenvalue weighted by molar-refractivity contribution is -0.0236. The molecule has 33 heavy (non-hydrogen) atoms. The molecule has 0 aromatic heterocycles. The third kappa shape index (κ3) is 6.61. The Kier molecular flexibility index (Phi) is 9.85. The quantitative estimate of drug-likeness (QED) is 0.349. The minimum atomic E-state index is -0.209. The molecule has 0 spiro atoms. The van der Waals surface area contributed by atoms with E-state index in [-0.39, 0.29) is 6.10 Å². The third-order valence-electron chi connectivity index (χ3n) is 8.98. The number of hydrogen-bond acceptors (Lipinski definition) is 3. The average Bonchev–Trinajstić information content (AvgIpc) is 3.06. The topological polar surface area (TPSA) is 55.5 Å². The van der Waals surface area contributed by atoms with Gasteiger partial charge in [-0.1, -0.05) is 76.8 Å². The van der Waals surface area contributed by atoms with Crippen molar-refractivity contribution < 1.29 is 9.84 Å². The first kappa shape index (κ1) is 26.7. The summed E-state index contributed by atoms with van der Waals surface area (Å²) in [5.74, 6) is 2.69. The Bertz CT molecular complexity index is 708. The lowest BCUT2D eigenvalue weighted by atomic mass is 9.60. The van der Waals surface area contributed by atoms with E-state index in [1.807, 2.05) is 0 Å². The van der Waals surface area contributed by atoms with Crippen LogP contribution in [-0.4, -0.2) is 30.5 Å². The number of aliphatic hydroxyl groups excluding tert-OH is 1. The predicted molar refractivity (Wildman–Crippen MR) is 140 cm³/mol. The van der Waals surface area contributed by atoms with Gasteiger partial charge < -0.3 is 15.6 Å². The molecule has 0 amide bonds. The summed E-state index contributed by atoms with van der Waals surface area (Å²) >= 11 is 0. The maximum Gasteiger partial charge on any atom is 0.0617 e. The van der Waals surface area contributed by atoms with Gasteiger partial charge in [-0.2, -0.15) is 0 Å². The van der Waals surface area contributed by atoms with Gasteiger partial charge in [-0.25, -0.2) is 0 Å². The zero-order valence-corrected chi connectivity index (χ0v) is 22.0. The number of allylic oxidation sites excluding steroid dienone is 4. The normalized spacial score (nSPS) is 36.0. The largest absolute Gasteiger partial charge is 0.393 e. The second kappa shape index (κ2) is 12.2. The Hall–Kier alpha value is -0.900. The minimum absolute atomic E-state index is 0.209. The average molecular weight is 458 g/mol. The summed E-state index contributed by atoms with van der Waals surface area (Å²) in [4.78, 5) is 0. The van der Waals surface area contributed by atoms with Crippen molar-refractivity contribution in [3.8, 4) is 0 Å². The molecule has 3 aliphatic rings. The molecule has 1 unspecified atom stereocenters. The molecule has 0 aromatic carbocycles. The molecule has 3 nitrogen and oxygen atoms in total. The van der Waals surface area contributed by atoms with Crippen LogP contribution in [0.2, 0.25) is 0 Å². The van der Waals surface area contributed by atoms with E-state index < -0.39 is 0 Å². The Morgan fingerprint density at radius 2 is 1.97 bits per heavy atom. The van der Waals surface area contributed by atoms with Crippen LogP contribution in [0, 0.1) is 29.1 Å². The van der Waals surface area contributed by atoms with Crippen molar-refractivity contribution in [3.63, 3.8) is 0 Å². The van der Waals surface area contributed by atoms with Gasteiger partial charge in [0.05, 0.1) is 12.2 Å². The molecule has 188 valence electrons. The summed E-state index contributed by atoms with van der Waals surface area (Å²) in [5.41, 5.74) is 10.2. The van der Waals surface area contributed by atoms with Crippen LogP contribution in [0.5, 0.6) is 0 Å². The second-order valence-corrected chi connectivity index (χ2v) is 12.0. The van der Waals surface area contributed by atoms with Crippen LogP contribution in [0.15, 0.2) is 35.5 Å². The molecule has 3 heteroatoms. The van der Waals surface area contributed by atoms with Gasteiger partial charge in [0.25, 0.3) is 0 Å². The van der Waals surface area contributed by atoms with E-state index in [1.54, 1.807) is 5.57 Å². The standard InChI is InChI=1S/C30H51NO2/c1-21(2)9-6-10-23(4)29-28(33-18-8-17-31)20-27-24(11-7-16-30(27,29)5)13-14-25-19-26(32)15-12-22(25)3/h13-14,21,23,26-29,32H,3,6-12,15-20,31H2,1-2,4-5H3/b24-13+,25-14+/t23-,26+,27+,28?,29+,30-/m1/s1. The van der Waals surface area contributed by atoms with Crippen LogP contribution < -0.4 is 5.73 Å². The van der Waals surface area contributed by atoms with Gasteiger partial charge in [0.2, 0.25) is 0 Å². The second-order valence-electron chi connectivity index (χ2n) is 12.0. The first-order valence-corrected chi connectivity index (χ1v) is 13.8. The van der Waals surface area contributed by atoms with Gasteiger partial charge in [-0.15, -0.1) is 0 Å². The molecule has 0 bridgehead atoms. The zero-order chi connectivity index (χ0) is 24.0. The van der Waals surface area contributed by atoms with Gasteiger partial charge in [-0.05, 0) is 92.6 Å². The van der Waals surface area contributed by atoms with Crippen molar-refractivity contribution >= 4 is 0 Å². The molecule has 0 radical (unpaired) electrons. The molecule has 3 fully saturated rings. The first-order chi connectivity index (χ1) is 15.8. The summed E-state index contributed by atoms with van der Waals surface area (Å²) < 4.78 is 6.57. The van der Waals surface area contributed by atoms with E-state index in [2.05, 4.69) is 46.4 Å². The van der Waals surface area contributed by atoms with Crippen LogP contribution in [0.1, 0.15) is 98.3 Å². The fourth-order valence-corrected chi connectivity index (χ4v) is 7.20. The number of nitrogens with two attached hydrogens (primary N) is 1. The van der Waals surface area contributed by atoms with Crippen molar-refractivity contribution in [3.05, 3.63) is 35.5 Å². The highest BCUT2D eigenvalue weighted by atomic mass is 16.5. The van der Waals surface area contributed by atoms with Crippen molar-refractivity contribution in [2.24, 2.45) is 34.8 Å². The molecule has 6 atom stereocenters. The Morgan fingerprint density at radius 3 is 2.70 bits per heavy atom. The van der Waals surface area contributed by atoms with Gasteiger partial charge >= 0.3 is 0 Å². The highest BCUT2D eigenvalue weighted by Gasteiger charge is 2.55. The highest BCUT2D eigenvalue weighted by Crippen LogP contribution is 2.60. The monoisotopic (exact) mass is 457 g/mol. The molecule has 0 saturated heterocycles. The maximum absolute atomic E-state index is 10.1. The van der Waals surface area contributed by atoms with Crippen LogP contribution >= 0.6 is 0 Å². The molecular formula is C30H51NO2. The Labute approximate surface area is 203 Å². The Morgan fingerprint density at radius 1 is 1.18 bits per heavy atom. The predicted octanol–water partition coefficient (Wildman–Crippen LogP) is 6.96. The van der Waals surface area contributed by atoms with E-state index >= 15 is 0 Å². The fraction of sp³-hybridized carbons (Fsp3) is 0.800. The van der Waals surface area contributed by atoms with Crippen molar-refractivity contribution in [2.45, 2.75) is 111 Å². The fourth-order valence-electron chi connectivity index (χ4n) is 7.20. The summed E-state index contributed by atoms with van der Waals surface area (Å²) in [7, 11) is 0. The van der Waals surface area contributed by atoms with E-state index in [9.17, 15) is 5.11 Å². The van der Waals surface area contributed by atoms with Crippen molar-refractivity contribution in [1.82, 2.24) is 0 Å². The van der Waals surface area contributed by atoms with Crippen LogP contribution in [0.25, 0.3) is 0 Å². The smallest absolute Gasteiger partial charge is 0.0617 e. The number of fused-ring (bicyclic) bond motifs is 1. The van der Waals surface area contributed by atoms with Gasteiger partial charge in [0, 0.05) is 6.61 Å². The first-order valence-electron chi connectivity index (χ1n) is 13.8. The van der Waals surface area contributed by atoms with Crippen molar-refractivity contribution in [2.75, 3.05) is 13.2 Å². The summed E-state index contributed by atoms with van der Waals surface area (Å²) in [5, 5.41) is 10.1. The summed E-state index contributed by atoms with van der Waals surface area (Å²) in [6, 6.07) is 0. The number of aliphatic hydroxyl groups is 1. The van der Waals surface area contributed by atoms with Crippen LogP contribution in [0.3, 0.4) is 0 Å². The molecule has 0 aliphatic heterocycles. The molecule has 3 aliphatic carbocycles. The zero-order valence-electron chi connectivity index (χ0n) is 22.0. The number of rotatable bonds is 10. The molecule has 3 saturated carbocycles. The van der Waals surface area contributed by atoms with Crippen molar-refractivity contribution in [1.29, 1.82) is 0 Å². The highest BCUT2D eigenvalue weighted by molar-refractivity contribution is 5.36. The lowest BCUT2D eigenvalue weighted by Gasteiger charge is -2.45. The molecular weight excluding hydrogens is 406 g/mol. The van der Waals surface area contributed by atoms with Gasteiger partial charge in [0.15, 0.2) is 0 Å². The van der Waals surface area contributed by atoms with E-state index in [4.69, 9.17) is 10.5 Å². The maximum atomic E-state index is 10.1. The van der Waals surface area contributed by atoms with E-state index in [0.717, 1.165) is 44.6 Å².